The van der Waals surface area contributed by atoms with Crippen molar-refractivity contribution in [2.24, 2.45) is 11.7 Å². The Morgan fingerprint density at radius 3 is 2.19 bits per heavy atom. The first-order chi connectivity index (χ1) is 7.27. The van der Waals surface area contributed by atoms with E-state index in [1.165, 1.54) is 37.7 Å². The fourth-order valence-corrected chi connectivity index (χ4v) is 2.58. The highest BCUT2D eigenvalue weighted by molar-refractivity contribution is 6.30. The van der Waals surface area contributed by atoms with Gasteiger partial charge in [0.25, 0.3) is 0 Å². The lowest BCUT2D eigenvalue weighted by Crippen LogP contribution is -2.23. The molecule has 0 amide bonds. The van der Waals surface area contributed by atoms with Crippen LogP contribution in [0.3, 0.4) is 0 Å². The molecule has 0 spiro atoms. The van der Waals surface area contributed by atoms with E-state index >= 15 is 0 Å². The van der Waals surface area contributed by atoms with E-state index in [1.807, 2.05) is 12.1 Å². The van der Waals surface area contributed by atoms with Crippen molar-refractivity contribution in [2.75, 3.05) is 0 Å². The predicted octanol–water partition coefficient (Wildman–Crippen LogP) is 4.34. The smallest absolute Gasteiger partial charge is 0.0406 e. The first kappa shape index (κ1) is 13.8. The molecule has 1 saturated carbocycles. The average molecular weight is 260 g/mol. The van der Waals surface area contributed by atoms with Crippen LogP contribution in [0.1, 0.15) is 43.7 Å². The molecular weight excluding hydrogens is 241 g/mol. The minimum atomic E-state index is 0. The largest absolute Gasteiger partial charge is 0.324 e. The number of hydrogen-bond acceptors (Lipinski definition) is 1. The lowest BCUT2D eigenvalue weighted by molar-refractivity contribution is 0.308. The highest BCUT2D eigenvalue weighted by atomic mass is 35.5. The van der Waals surface area contributed by atoms with Crippen molar-refractivity contribution in [3.8, 4) is 0 Å². The van der Waals surface area contributed by atoms with E-state index in [0.29, 0.717) is 5.92 Å². The van der Waals surface area contributed by atoms with Gasteiger partial charge in [-0.25, -0.2) is 0 Å². The Morgan fingerprint density at radius 1 is 1.06 bits per heavy atom. The summed E-state index contributed by atoms with van der Waals surface area (Å²) in [6.45, 7) is 0. The second-order valence-electron chi connectivity index (χ2n) is 4.48. The normalized spacial score (nSPS) is 18.9. The predicted molar refractivity (Wildman–Crippen MR) is 72.2 cm³/mol. The average Bonchev–Trinajstić information content (AvgIpc) is 2.30. The molecule has 16 heavy (non-hydrogen) atoms. The van der Waals surface area contributed by atoms with Crippen LogP contribution >= 0.6 is 24.0 Å². The molecule has 0 saturated heterocycles. The molecule has 1 nitrogen and oxygen atoms in total. The van der Waals surface area contributed by atoms with Gasteiger partial charge in [0.15, 0.2) is 0 Å². The number of benzene rings is 1. The maximum atomic E-state index is 6.28. The third-order valence-corrected chi connectivity index (χ3v) is 3.66. The van der Waals surface area contributed by atoms with Gasteiger partial charge in [0.1, 0.15) is 0 Å². The summed E-state index contributed by atoms with van der Waals surface area (Å²) >= 11 is 5.86. The molecule has 0 heterocycles. The van der Waals surface area contributed by atoms with Crippen molar-refractivity contribution >= 4 is 24.0 Å². The zero-order chi connectivity index (χ0) is 10.7. The molecule has 0 radical (unpaired) electrons. The lowest BCUT2D eigenvalue weighted by atomic mass is 9.82. The van der Waals surface area contributed by atoms with Crippen molar-refractivity contribution in [1.29, 1.82) is 0 Å². The summed E-state index contributed by atoms with van der Waals surface area (Å²) < 4.78 is 0. The Balaban J connectivity index is 0.00000128. The van der Waals surface area contributed by atoms with Crippen LogP contribution in [0.5, 0.6) is 0 Å². The summed E-state index contributed by atoms with van der Waals surface area (Å²) in [7, 11) is 0. The summed E-state index contributed by atoms with van der Waals surface area (Å²) in [6, 6.07) is 8.17. The molecular formula is C13H19Cl2N. The van der Waals surface area contributed by atoms with E-state index in [-0.39, 0.29) is 18.4 Å². The number of nitrogens with two attached hydrogens (primary N) is 1. The first-order valence-corrected chi connectivity index (χ1v) is 6.16. The second kappa shape index (κ2) is 6.48. The van der Waals surface area contributed by atoms with Gasteiger partial charge in [-0.05, 0) is 36.5 Å². The summed E-state index contributed by atoms with van der Waals surface area (Å²) in [5, 5.41) is 0.787. The number of hydrogen-bond donors (Lipinski definition) is 1. The summed E-state index contributed by atoms with van der Waals surface area (Å²) in [6.07, 6.45) is 6.62. The molecule has 1 fully saturated rings. The SMILES string of the molecule is Cl.NC(c1ccc(Cl)cc1)C1CCCCC1. The minimum Gasteiger partial charge on any atom is -0.324 e. The second-order valence-corrected chi connectivity index (χ2v) is 4.91. The van der Waals surface area contributed by atoms with Crippen molar-refractivity contribution in [2.45, 2.75) is 38.1 Å². The van der Waals surface area contributed by atoms with Gasteiger partial charge in [-0.3, -0.25) is 0 Å². The number of rotatable bonds is 2. The molecule has 2 rings (SSSR count). The molecule has 1 aromatic carbocycles. The fourth-order valence-electron chi connectivity index (χ4n) is 2.45. The van der Waals surface area contributed by atoms with Gasteiger partial charge in [0.05, 0.1) is 0 Å². The van der Waals surface area contributed by atoms with Crippen LogP contribution in [0.15, 0.2) is 24.3 Å². The van der Waals surface area contributed by atoms with Crippen LogP contribution in [0.25, 0.3) is 0 Å². The zero-order valence-corrected chi connectivity index (χ0v) is 10.9. The monoisotopic (exact) mass is 259 g/mol. The molecule has 3 heteroatoms. The number of halogens is 2. The quantitative estimate of drug-likeness (QED) is 0.840. The van der Waals surface area contributed by atoms with E-state index in [0.717, 1.165) is 5.02 Å². The summed E-state index contributed by atoms with van der Waals surface area (Å²) in [4.78, 5) is 0. The Kier molecular flexibility index (Phi) is 5.60. The molecule has 90 valence electrons. The van der Waals surface area contributed by atoms with Gasteiger partial charge in [-0.15, -0.1) is 12.4 Å². The Labute approximate surface area is 109 Å². The first-order valence-electron chi connectivity index (χ1n) is 5.78. The van der Waals surface area contributed by atoms with Crippen molar-refractivity contribution < 1.29 is 0 Å². The van der Waals surface area contributed by atoms with Gasteiger partial charge in [-0.2, -0.15) is 0 Å². The molecule has 1 aliphatic carbocycles. The molecule has 0 aliphatic heterocycles. The molecule has 1 aromatic rings. The molecule has 0 bridgehead atoms. The molecule has 1 unspecified atom stereocenters. The van der Waals surface area contributed by atoms with E-state index in [2.05, 4.69) is 12.1 Å². The van der Waals surface area contributed by atoms with Gasteiger partial charge < -0.3 is 5.73 Å². The van der Waals surface area contributed by atoms with Gasteiger partial charge >= 0.3 is 0 Å². The Bertz CT molecular complexity index is 304. The molecule has 1 atom stereocenters. The molecule has 1 aliphatic rings. The van der Waals surface area contributed by atoms with Crippen LogP contribution < -0.4 is 5.73 Å². The minimum absolute atomic E-state index is 0. The van der Waals surface area contributed by atoms with Crippen molar-refractivity contribution in [1.82, 2.24) is 0 Å². The zero-order valence-electron chi connectivity index (χ0n) is 9.36. The van der Waals surface area contributed by atoms with E-state index in [9.17, 15) is 0 Å². The van der Waals surface area contributed by atoms with Gasteiger partial charge in [-0.1, -0.05) is 43.0 Å². The maximum absolute atomic E-state index is 6.28. The van der Waals surface area contributed by atoms with Crippen LogP contribution in [0.4, 0.5) is 0 Å². The highest BCUT2D eigenvalue weighted by Crippen LogP contribution is 2.33. The van der Waals surface area contributed by atoms with Gasteiger partial charge in [0.2, 0.25) is 0 Å². The van der Waals surface area contributed by atoms with E-state index < -0.39 is 0 Å². The Hall–Kier alpha value is -0.240. The van der Waals surface area contributed by atoms with Crippen molar-refractivity contribution in [3.63, 3.8) is 0 Å². The van der Waals surface area contributed by atoms with E-state index in [4.69, 9.17) is 17.3 Å². The maximum Gasteiger partial charge on any atom is 0.0406 e. The van der Waals surface area contributed by atoms with Crippen LogP contribution in [0.2, 0.25) is 5.02 Å². The van der Waals surface area contributed by atoms with Crippen LogP contribution in [-0.4, -0.2) is 0 Å². The third kappa shape index (κ3) is 3.38. The fraction of sp³-hybridized carbons (Fsp3) is 0.538. The molecule has 0 aromatic heterocycles. The van der Waals surface area contributed by atoms with Crippen molar-refractivity contribution in [3.05, 3.63) is 34.9 Å². The summed E-state index contributed by atoms with van der Waals surface area (Å²) in [5.41, 5.74) is 7.50. The van der Waals surface area contributed by atoms with Crippen LogP contribution in [0, 0.1) is 5.92 Å². The standard InChI is InChI=1S/C13H18ClN.ClH/c14-12-8-6-11(7-9-12)13(15)10-4-2-1-3-5-10;/h6-10,13H,1-5,15H2;1H. The van der Waals surface area contributed by atoms with Crippen LogP contribution in [-0.2, 0) is 0 Å². The van der Waals surface area contributed by atoms with E-state index in [1.54, 1.807) is 0 Å². The topological polar surface area (TPSA) is 26.0 Å². The third-order valence-electron chi connectivity index (χ3n) is 3.41. The molecule has 2 N–H and O–H groups in total. The lowest BCUT2D eigenvalue weighted by Gasteiger charge is -2.27. The highest BCUT2D eigenvalue weighted by Gasteiger charge is 2.21. The summed E-state index contributed by atoms with van der Waals surface area (Å²) in [5.74, 6) is 0.667. The Morgan fingerprint density at radius 2 is 1.62 bits per heavy atom. The van der Waals surface area contributed by atoms with Gasteiger partial charge in [0, 0.05) is 11.1 Å².